The quantitative estimate of drug-likeness (QED) is 0.762. The number of piperidine rings is 1. The van der Waals surface area contributed by atoms with Gasteiger partial charge in [-0.2, -0.15) is 0 Å². The first-order valence-electron chi connectivity index (χ1n) is 7.87. The summed E-state index contributed by atoms with van der Waals surface area (Å²) < 4.78 is 25.1. The smallest absolute Gasteiger partial charge is 0.226 e. The molecule has 1 saturated carbocycles. The van der Waals surface area contributed by atoms with E-state index in [-0.39, 0.29) is 17.9 Å². The summed E-state index contributed by atoms with van der Waals surface area (Å²) in [6.07, 6.45) is 7.10. The fourth-order valence-corrected chi connectivity index (χ4v) is 4.10. The fraction of sp³-hybridized carbons (Fsp3) is 0.929. The summed E-state index contributed by atoms with van der Waals surface area (Å²) in [6, 6.07) is -0.0139. The van der Waals surface area contributed by atoms with Gasteiger partial charge < -0.3 is 10.6 Å². The lowest BCUT2D eigenvalue weighted by Crippen LogP contribution is -2.51. The topological polar surface area (TPSA) is 92.5 Å². The van der Waals surface area contributed by atoms with Crippen LogP contribution in [0.3, 0.4) is 0 Å². The van der Waals surface area contributed by atoms with E-state index in [1.54, 1.807) is 0 Å². The number of sulfonamides is 1. The molecular weight excluding hydrogens is 290 g/mol. The van der Waals surface area contributed by atoms with Gasteiger partial charge in [-0.25, -0.2) is 13.1 Å². The molecule has 6 nitrogen and oxygen atoms in total. The zero-order valence-corrected chi connectivity index (χ0v) is 13.6. The van der Waals surface area contributed by atoms with Gasteiger partial charge in [-0.05, 0) is 44.6 Å². The number of carbonyl (C=O) groups is 1. The summed E-state index contributed by atoms with van der Waals surface area (Å²) in [5.74, 6) is 0.514. The van der Waals surface area contributed by atoms with E-state index in [1.807, 2.05) is 4.90 Å². The Kier molecular flexibility index (Phi) is 5.62. The van der Waals surface area contributed by atoms with Crippen molar-refractivity contribution in [3.63, 3.8) is 0 Å². The monoisotopic (exact) mass is 317 g/mol. The molecule has 0 radical (unpaired) electrons. The van der Waals surface area contributed by atoms with Crippen molar-refractivity contribution in [2.75, 3.05) is 25.9 Å². The molecule has 2 fully saturated rings. The van der Waals surface area contributed by atoms with Gasteiger partial charge in [-0.15, -0.1) is 0 Å². The van der Waals surface area contributed by atoms with Crippen LogP contribution in [0.5, 0.6) is 0 Å². The van der Waals surface area contributed by atoms with Crippen molar-refractivity contribution in [2.24, 2.45) is 17.6 Å². The van der Waals surface area contributed by atoms with Gasteiger partial charge >= 0.3 is 0 Å². The third-order valence-corrected chi connectivity index (χ3v) is 5.46. The minimum Gasteiger partial charge on any atom is -0.338 e. The predicted octanol–water partition coefficient (Wildman–Crippen LogP) is 0.292. The molecule has 0 aromatic carbocycles. The van der Waals surface area contributed by atoms with Crippen LogP contribution in [0.1, 0.15) is 38.5 Å². The Labute approximate surface area is 127 Å². The summed E-state index contributed by atoms with van der Waals surface area (Å²) >= 11 is 0. The van der Waals surface area contributed by atoms with Crippen LogP contribution < -0.4 is 10.5 Å². The first-order valence-corrected chi connectivity index (χ1v) is 9.76. The molecule has 3 atom stereocenters. The zero-order chi connectivity index (χ0) is 15.5. The van der Waals surface area contributed by atoms with E-state index in [1.165, 1.54) is 0 Å². The van der Waals surface area contributed by atoms with Crippen LogP contribution in [-0.4, -0.2) is 51.2 Å². The van der Waals surface area contributed by atoms with Gasteiger partial charge in [0.25, 0.3) is 0 Å². The molecule has 2 aliphatic rings. The number of carbonyl (C=O) groups excluding carboxylic acids is 1. The van der Waals surface area contributed by atoms with Crippen molar-refractivity contribution in [3.05, 3.63) is 0 Å². The average Bonchev–Trinajstić information content (AvgIpc) is 2.92. The lowest BCUT2D eigenvalue weighted by Gasteiger charge is -2.38. The Hall–Kier alpha value is -0.660. The van der Waals surface area contributed by atoms with Crippen molar-refractivity contribution >= 4 is 15.9 Å². The second-order valence-electron chi connectivity index (χ2n) is 6.34. The van der Waals surface area contributed by atoms with E-state index >= 15 is 0 Å². The Morgan fingerprint density at radius 2 is 2.00 bits per heavy atom. The van der Waals surface area contributed by atoms with Crippen LogP contribution in [0.2, 0.25) is 0 Å². The van der Waals surface area contributed by atoms with Gasteiger partial charge in [0, 0.05) is 25.0 Å². The Morgan fingerprint density at radius 3 is 2.67 bits per heavy atom. The number of rotatable bonds is 5. The number of nitrogens with one attached hydrogen (secondary N) is 1. The first-order chi connectivity index (χ1) is 9.92. The number of hydrogen-bond donors (Lipinski definition) is 2. The van der Waals surface area contributed by atoms with Gasteiger partial charge in [-0.3, -0.25) is 4.79 Å². The molecule has 0 bridgehead atoms. The lowest BCUT2D eigenvalue weighted by atomic mass is 9.92. The highest BCUT2D eigenvalue weighted by molar-refractivity contribution is 7.88. The highest BCUT2D eigenvalue weighted by Gasteiger charge is 2.37. The first kappa shape index (κ1) is 16.7. The van der Waals surface area contributed by atoms with Crippen LogP contribution in [-0.2, 0) is 14.8 Å². The number of amides is 1. The van der Waals surface area contributed by atoms with E-state index in [9.17, 15) is 13.2 Å². The molecule has 0 spiro atoms. The van der Waals surface area contributed by atoms with E-state index in [0.29, 0.717) is 19.0 Å². The third-order valence-electron chi connectivity index (χ3n) is 4.77. The molecule has 1 aliphatic carbocycles. The molecular formula is C14H27N3O3S. The minimum atomic E-state index is -3.22. The molecule has 1 saturated heterocycles. The molecule has 0 aromatic rings. The maximum absolute atomic E-state index is 12.8. The molecule has 0 aromatic heterocycles. The number of nitrogens with two attached hydrogens (primary N) is 1. The molecule has 122 valence electrons. The van der Waals surface area contributed by atoms with Crippen LogP contribution >= 0.6 is 0 Å². The molecule has 21 heavy (non-hydrogen) atoms. The van der Waals surface area contributed by atoms with E-state index in [4.69, 9.17) is 5.73 Å². The van der Waals surface area contributed by atoms with Gasteiger partial charge in [0.15, 0.2) is 0 Å². The van der Waals surface area contributed by atoms with Crippen molar-refractivity contribution in [1.82, 2.24) is 9.62 Å². The molecule has 1 aliphatic heterocycles. The molecule has 3 N–H and O–H groups in total. The Morgan fingerprint density at radius 1 is 1.24 bits per heavy atom. The summed E-state index contributed by atoms with van der Waals surface area (Å²) in [7, 11) is -3.22. The number of likely N-dealkylation sites (tertiary alicyclic amines) is 1. The van der Waals surface area contributed by atoms with Gasteiger partial charge in [0.2, 0.25) is 15.9 Å². The molecule has 1 heterocycles. The predicted molar refractivity (Wildman–Crippen MR) is 82.1 cm³/mol. The summed E-state index contributed by atoms with van der Waals surface area (Å²) in [6.45, 7) is 1.63. The van der Waals surface area contributed by atoms with Crippen LogP contribution in [0, 0.1) is 11.8 Å². The van der Waals surface area contributed by atoms with Gasteiger partial charge in [0.1, 0.15) is 0 Å². The van der Waals surface area contributed by atoms with E-state index in [0.717, 1.165) is 51.3 Å². The summed E-state index contributed by atoms with van der Waals surface area (Å²) in [5.41, 5.74) is 5.78. The molecule has 2 rings (SSSR count). The second-order valence-corrected chi connectivity index (χ2v) is 8.17. The Bertz CT molecular complexity index is 466. The van der Waals surface area contributed by atoms with Crippen molar-refractivity contribution in [1.29, 1.82) is 0 Å². The maximum atomic E-state index is 12.8. The zero-order valence-electron chi connectivity index (χ0n) is 12.8. The second kappa shape index (κ2) is 7.07. The van der Waals surface area contributed by atoms with E-state index in [2.05, 4.69) is 4.72 Å². The van der Waals surface area contributed by atoms with Crippen molar-refractivity contribution in [3.8, 4) is 0 Å². The normalized spacial score (nSPS) is 30.6. The highest BCUT2D eigenvalue weighted by Crippen LogP contribution is 2.33. The van der Waals surface area contributed by atoms with Crippen LogP contribution in [0.4, 0.5) is 0 Å². The van der Waals surface area contributed by atoms with Crippen LogP contribution in [0.15, 0.2) is 0 Å². The SMILES string of the molecule is CS(=O)(=O)NCC1CCCCN1C(=O)[C@@H]1CCC[C@@H]1CN. The molecule has 7 heteroatoms. The van der Waals surface area contributed by atoms with Crippen LogP contribution in [0.25, 0.3) is 0 Å². The average molecular weight is 317 g/mol. The summed E-state index contributed by atoms with van der Waals surface area (Å²) in [5, 5.41) is 0. The highest BCUT2D eigenvalue weighted by atomic mass is 32.2. The van der Waals surface area contributed by atoms with Crippen molar-refractivity contribution < 1.29 is 13.2 Å². The third kappa shape index (κ3) is 4.40. The van der Waals surface area contributed by atoms with E-state index < -0.39 is 10.0 Å². The lowest BCUT2D eigenvalue weighted by molar-refractivity contribution is -0.140. The van der Waals surface area contributed by atoms with Gasteiger partial charge in [0.05, 0.1) is 6.26 Å². The largest absolute Gasteiger partial charge is 0.338 e. The van der Waals surface area contributed by atoms with Crippen molar-refractivity contribution in [2.45, 2.75) is 44.6 Å². The standard InChI is InChI=1S/C14H27N3O3S/c1-21(19,20)16-10-12-6-2-3-8-17(12)14(18)13-7-4-5-11(13)9-15/h11-13,16H,2-10,15H2,1H3/t11-,12?,13-/m1/s1. The number of nitrogens with zero attached hydrogens (tertiary/aromatic N) is 1. The van der Waals surface area contributed by atoms with Gasteiger partial charge in [-0.1, -0.05) is 6.42 Å². The number of hydrogen-bond acceptors (Lipinski definition) is 4. The molecule has 1 unspecified atom stereocenters. The maximum Gasteiger partial charge on any atom is 0.226 e. The minimum absolute atomic E-state index is 0.0139. The molecule has 1 amide bonds. The summed E-state index contributed by atoms with van der Waals surface area (Å²) in [4.78, 5) is 14.7. The Balaban J connectivity index is 2.02. The fourth-order valence-electron chi connectivity index (χ4n) is 3.61.